The van der Waals surface area contributed by atoms with Gasteiger partial charge >= 0.3 is 12.2 Å². The predicted octanol–water partition coefficient (Wildman–Crippen LogP) is 10.4. The number of ether oxygens (including phenoxy) is 2. The van der Waals surface area contributed by atoms with E-state index in [9.17, 15) is 35.1 Å². The van der Waals surface area contributed by atoms with E-state index in [-0.39, 0.29) is 29.9 Å². The molecule has 220 valence electrons. The molecule has 4 rings (SSSR count). The Kier molecular flexibility index (Phi) is 9.67. The molecule has 2 nitrogen and oxygen atoms in total. The lowest BCUT2D eigenvalue weighted by Gasteiger charge is -2.38. The van der Waals surface area contributed by atoms with Crippen molar-refractivity contribution in [3.63, 3.8) is 0 Å². The van der Waals surface area contributed by atoms with Crippen LogP contribution >= 0.6 is 0 Å². The molecule has 2 aliphatic rings. The van der Waals surface area contributed by atoms with Gasteiger partial charge in [0.1, 0.15) is 22.9 Å². The van der Waals surface area contributed by atoms with Crippen LogP contribution in [0.3, 0.4) is 0 Å². The fourth-order valence-corrected chi connectivity index (χ4v) is 6.40. The molecule has 0 heterocycles. The lowest BCUT2D eigenvalue weighted by molar-refractivity contribution is -0.189. The molecule has 2 saturated carbocycles. The number of hydrogen-bond donors (Lipinski definition) is 0. The van der Waals surface area contributed by atoms with Gasteiger partial charge in [0.2, 0.25) is 0 Å². The zero-order chi connectivity index (χ0) is 29.0. The minimum absolute atomic E-state index is 0.167. The van der Waals surface area contributed by atoms with Crippen LogP contribution in [-0.4, -0.2) is 0 Å². The Morgan fingerprint density at radius 1 is 0.800 bits per heavy atom. The van der Waals surface area contributed by atoms with Crippen LogP contribution in [0.25, 0.3) is 0 Å². The highest BCUT2D eigenvalue weighted by Gasteiger charge is 2.42. The standard InChI is InChI=1S/C30H32F8O2/c1-2-3-17-4-6-18(7-5-17)19-8-10-20(11-9-19)21-12-23(31)28(24(32)13-21)30(37,38)40-22-14-25(33)29(26(34)15-22)39-16-27(35)36/h12-20H,2-11H2,1H3. The molecular weight excluding hydrogens is 544 g/mol. The van der Waals surface area contributed by atoms with E-state index in [1.165, 1.54) is 38.5 Å². The third kappa shape index (κ3) is 7.10. The van der Waals surface area contributed by atoms with E-state index < -0.39 is 52.5 Å². The van der Waals surface area contributed by atoms with Crippen molar-refractivity contribution in [2.24, 2.45) is 17.8 Å². The van der Waals surface area contributed by atoms with Gasteiger partial charge in [-0.2, -0.15) is 17.6 Å². The maximum Gasteiger partial charge on any atom is 0.432 e. The highest BCUT2D eigenvalue weighted by atomic mass is 19.3. The second-order valence-electron chi connectivity index (χ2n) is 10.9. The summed E-state index contributed by atoms with van der Waals surface area (Å²) >= 11 is 0. The van der Waals surface area contributed by atoms with Crippen LogP contribution in [0.2, 0.25) is 0 Å². The molecule has 2 aromatic carbocycles. The molecule has 0 spiro atoms. The Bertz CT molecular complexity index is 1150. The van der Waals surface area contributed by atoms with Crippen molar-refractivity contribution in [2.45, 2.75) is 83.2 Å². The third-order valence-corrected chi connectivity index (χ3v) is 8.34. The summed E-state index contributed by atoms with van der Waals surface area (Å²) in [5.74, 6) is -6.89. The molecule has 2 fully saturated rings. The summed E-state index contributed by atoms with van der Waals surface area (Å²) in [5.41, 5.74) is -1.41. The lowest BCUT2D eigenvalue weighted by Crippen LogP contribution is -2.27. The third-order valence-electron chi connectivity index (χ3n) is 8.34. The van der Waals surface area contributed by atoms with Gasteiger partial charge in [0.05, 0.1) is 0 Å². The van der Waals surface area contributed by atoms with Gasteiger partial charge < -0.3 is 9.47 Å². The number of alkyl halides is 2. The fourth-order valence-electron chi connectivity index (χ4n) is 6.40. The lowest BCUT2D eigenvalue weighted by atomic mass is 9.68. The first-order chi connectivity index (χ1) is 19.0. The number of rotatable bonds is 9. The molecular formula is C30H32F8O2. The SMILES string of the molecule is CCCC1CCC(C2CCC(c3cc(F)c(C(F)(F)Oc4cc(F)c(OC=C(F)F)c(F)c4)c(F)c3)CC2)CC1. The molecule has 0 radical (unpaired) electrons. The van der Waals surface area contributed by atoms with Gasteiger partial charge in [-0.15, -0.1) is 0 Å². The smallest absolute Gasteiger partial charge is 0.432 e. The summed E-state index contributed by atoms with van der Waals surface area (Å²) in [6.45, 7) is 2.21. The molecule has 0 amide bonds. The molecule has 10 heteroatoms. The zero-order valence-electron chi connectivity index (χ0n) is 22.1. The number of benzene rings is 2. The van der Waals surface area contributed by atoms with Crippen molar-refractivity contribution >= 4 is 0 Å². The van der Waals surface area contributed by atoms with Crippen LogP contribution < -0.4 is 9.47 Å². The van der Waals surface area contributed by atoms with Crippen LogP contribution in [0.4, 0.5) is 35.1 Å². The summed E-state index contributed by atoms with van der Waals surface area (Å²) in [4.78, 5) is 0. The van der Waals surface area contributed by atoms with Crippen molar-refractivity contribution in [2.75, 3.05) is 0 Å². The highest BCUT2D eigenvalue weighted by molar-refractivity contribution is 5.37. The average molecular weight is 577 g/mol. The maximum absolute atomic E-state index is 14.9. The van der Waals surface area contributed by atoms with Crippen molar-refractivity contribution in [1.82, 2.24) is 0 Å². The molecule has 0 atom stereocenters. The minimum atomic E-state index is -4.63. The Hall–Kier alpha value is -2.78. The van der Waals surface area contributed by atoms with E-state index in [4.69, 9.17) is 0 Å². The first-order valence-corrected chi connectivity index (χ1v) is 13.7. The van der Waals surface area contributed by atoms with Gasteiger partial charge in [-0.05, 0) is 79.9 Å². The second kappa shape index (κ2) is 12.8. The monoisotopic (exact) mass is 576 g/mol. The second-order valence-corrected chi connectivity index (χ2v) is 10.9. The largest absolute Gasteiger partial charge is 0.453 e. The molecule has 0 aliphatic heterocycles. The molecule has 40 heavy (non-hydrogen) atoms. The Balaban J connectivity index is 1.42. The van der Waals surface area contributed by atoms with E-state index in [2.05, 4.69) is 16.4 Å². The first kappa shape index (κ1) is 30.2. The average Bonchev–Trinajstić information content (AvgIpc) is 2.88. The maximum atomic E-state index is 14.9. The van der Waals surface area contributed by atoms with Crippen LogP contribution in [0.1, 0.15) is 88.2 Å². The quantitative estimate of drug-likeness (QED) is 0.218. The van der Waals surface area contributed by atoms with Crippen LogP contribution in [0.5, 0.6) is 11.5 Å². The molecule has 2 aromatic rings. The van der Waals surface area contributed by atoms with Crippen molar-refractivity contribution in [3.05, 3.63) is 71.0 Å². The van der Waals surface area contributed by atoms with E-state index in [0.29, 0.717) is 24.7 Å². The molecule has 0 N–H and O–H groups in total. The number of halogens is 8. The predicted molar refractivity (Wildman–Crippen MR) is 133 cm³/mol. The molecule has 0 saturated heterocycles. The number of hydrogen-bond acceptors (Lipinski definition) is 2. The molecule has 2 aliphatic carbocycles. The molecule has 0 unspecified atom stereocenters. The van der Waals surface area contributed by atoms with Crippen molar-refractivity contribution < 1.29 is 44.6 Å². The minimum Gasteiger partial charge on any atom is -0.453 e. The van der Waals surface area contributed by atoms with Crippen LogP contribution in [-0.2, 0) is 6.11 Å². The van der Waals surface area contributed by atoms with Gasteiger partial charge in [-0.1, -0.05) is 32.6 Å². The summed E-state index contributed by atoms with van der Waals surface area (Å²) < 4.78 is 120. The summed E-state index contributed by atoms with van der Waals surface area (Å²) in [5, 5.41) is 0. The van der Waals surface area contributed by atoms with Crippen LogP contribution in [0, 0.1) is 41.0 Å². The Morgan fingerprint density at radius 2 is 1.32 bits per heavy atom. The van der Waals surface area contributed by atoms with Crippen LogP contribution in [0.15, 0.2) is 36.6 Å². The summed E-state index contributed by atoms with van der Waals surface area (Å²) in [6.07, 6.45) is 3.39. The topological polar surface area (TPSA) is 18.5 Å². The van der Waals surface area contributed by atoms with Gasteiger partial charge in [0.15, 0.2) is 23.6 Å². The fraction of sp³-hybridized carbons (Fsp3) is 0.533. The van der Waals surface area contributed by atoms with Gasteiger partial charge in [-0.25, -0.2) is 17.6 Å². The van der Waals surface area contributed by atoms with E-state index >= 15 is 0 Å². The van der Waals surface area contributed by atoms with E-state index in [1.54, 1.807) is 0 Å². The normalized spacial score (nSPS) is 23.5. The Labute approximate surface area is 228 Å². The molecule has 0 aromatic heterocycles. The first-order valence-electron chi connectivity index (χ1n) is 13.7. The van der Waals surface area contributed by atoms with Gasteiger partial charge in [0.25, 0.3) is 0 Å². The molecule has 0 bridgehead atoms. The van der Waals surface area contributed by atoms with E-state index in [1.807, 2.05) is 0 Å². The van der Waals surface area contributed by atoms with Crippen molar-refractivity contribution in [3.8, 4) is 11.5 Å². The van der Waals surface area contributed by atoms with Gasteiger partial charge in [-0.3, -0.25) is 0 Å². The summed E-state index contributed by atoms with van der Waals surface area (Å²) in [6, 6.07) is 2.20. The zero-order valence-corrected chi connectivity index (χ0v) is 22.1. The van der Waals surface area contributed by atoms with Gasteiger partial charge in [0, 0.05) is 12.1 Å². The highest BCUT2D eigenvalue weighted by Crippen LogP contribution is 2.45. The Morgan fingerprint density at radius 3 is 1.82 bits per heavy atom. The summed E-state index contributed by atoms with van der Waals surface area (Å²) in [7, 11) is 0. The van der Waals surface area contributed by atoms with E-state index in [0.717, 1.165) is 30.9 Å². The van der Waals surface area contributed by atoms with Crippen molar-refractivity contribution in [1.29, 1.82) is 0 Å².